The van der Waals surface area contributed by atoms with E-state index in [9.17, 15) is 0 Å². The molecule has 4 heteroatoms. The average Bonchev–Trinajstić information content (AvgIpc) is 2.07. The van der Waals surface area contributed by atoms with Gasteiger partial charge in [-0.1, -0.05) is 0 Å². The summed E-state index contributed by atoms with van der Waals surface area (Å²) in [6, 6.07) is 0. The van der Waals surface area contributed by atoms with Crippen LogP contribution in [-0.2, 0) is 0 Å². The van der Waals surface area contributed by atoms with Crippen molar-refractivity contribution >= 4 is 11.5 Å². The van der Waals surface area contributed by atoms with Gasteiger partial charge in [0.25, 0.3) is 0 Å². The number of hydrogen-bond acceptors (Lipinski definition) is 4. The number of nitrogens with zero attached hydrogens (tertiary/aromatic N) is 3. The zero-order valence-electron chi connectivity index (χ0n) is 7.33. The van der Waals surface area contributed by atoms with Crippen molar-refractivity contribution in [2.24, 2.45) is 0 Å². The summed E-state index contributed by atoms with van der Waals surface area (Å²) >= 11 is 0. The van der Waals surface area contributed by atoms with E-state index < -0.39 is 0 Å². The smallest absolute Gasteiger partial charge is 0.174 e. The maximum atomic E-state index is 4.07. The molecule has 2 rings (SSSR count). The third kappa shape index (κ3) is 0.995. The van der Waals surface area contributed by atoms with Crippen LogP contribution in [0.3, 0.4) is 0 Å². The lowest BCUT2D eigenvalue weighted by Crippen LogP contribution is -2.31. The molecule has 1 aliphatic rings. The second-order valence-corrected chi connectivity index (χ2v) is 3.07. The van der Waals surface area contributed by atoms with Crippen LogP contribution in [0.15, 0.2) is 6.20 Å². The Labute approximate surface area is 71.6 Å². The van der Waals surface area contributed by atoms with Gasteiger partial charge < -0.3 is 10.2 Å². The third-order valence-electron chi connectivity index (χ3n) is 2.13. The summed E-state index contributed by atoms with van der Waals surface area (Å²) in [5, 5.41) is 11.3. The van der Waals surface area contributed by atoms with Gasteiger partial charge in [-0.15, -0.1) is 5.10 Å². The van der Waals surface area contributed by atoms with Crippen LogP contribution >= 0.6 is 0 Å². The van der Waals surface area contributed by atoms with Gasteiger partial charge in [0, 0.05) is 20.1 Å². The molecule has 2 heterocycles. The van der Waals surface area contributed by atoms with Crippen LogP contribution in [0.25, 0.3) is 0 Å². The highest BCUT2D eigenvalue weighted by Crippen LogP contribution is 2.26. The predicted octanol–water partition coefficient (Wildman–Crippen LogP) is 0.647. The Balaban J connectivity index is 2.52. The maximum absolute atomic E-state index is 4.07. The minimum absolute atomic E-state index is 0.959. The van der Waals surface area contributed by atoms with Crippen molar-refractivity contribution in [1.82, 2.24) is 10.2 Å². The van der Waals surface area contributed by atoms with E-state index >= 15 is 0 Å². The van der Waals surface area contributed by atoms with Gasteiger partial charge in [-0.05, 0) is 12.5 Å². The first-order valence-electron chi connectivity index (χ1n) is 4.06. The van der Waals surface area contributed by atoms with E-state index in [2.05, 4.69) is 20.4 Å². The molecule has 0 spiro atoms. The van der Waals surface area contributed by atoms with Crippen LogP contribution in [0.5, 0.6) is 0 Å². The van der Waals surface area contributed by atoms with Crippen LogP contribution in [-0.4, -0.2) is 30.3 Å². The highest BCUT2D eigenvalue weighted by Gasteiger charge is 2.15. The maximum Gasteiger partial charge on any atom is 0.174 e. The summed E-state index contributed by atoms with van der Waals surface area (Å²) in [6.45, 7) is 4.01. The van der Waals surface area contributed by atoms with Crippen molar-refractivity contribution in [3.8, 4) is 0 Å². The lowest BCUT2D eigenvalue weighted by molar-refractivity contribution is 0.832. The molecule has 12 heavy (non-hydrogen) atoms. The number of aryl methyl sites for hydroxylation is 1. The van der Waals surface area contributed by atoms with Crippen LogP contribution in [0.4, 0.5) is 11.5 Å². The fourth-order valence-electron chi connectivity index (χ4n) is 1.40. The predicted molar refractivity (Wildman–Crippen MR) is 48.5 cm³/mol. The van der Waals surface area contributed by atoms with Crippen molar-refractivity contribution in [1.29, 1.82) is 0 Å². The highest BCUT2D eigenvalue weighted by atomic mass is 15.3. The Morgan fingerprint density at radius 3 is 3.17 bits per heavy atom. The fraction of sp³-hybridized carbons (Fsp3) is 0.500. The number of fused-ring (bicyclic) bond motifs is 1. The van der Waals surface area contributed by atoms with Gasteiger partial charge in [0.1, 0.15) is 0 Å². The Bertz CT molecular complexity index is 297. The van der Waals surface area contributed by atoms with E-state index in [0.29, 0.717) is 0 Å². The number of anilines is 2. The van der Waals surface area contributed by atoms with Gasteiger partial charge in [0.15, 0.2) is 5.82 Å². The largest absolute Gasteiger partial charge is 0.380 e. The molecule has 0 saturated heterocycles. The molecule has 1 aromatic heterocycles. The summed E-state index contributed by atoms with van der Waals surface area (Å²) in [5.41, 5.74) is 2.28. The molecule has 0 unspecified atom stereocenters. The van der Waals surface area contributed by atoms with Gasteiger partial charge in [-0.3, -0.25) is 0 Å². The summed E-state index contributed by atoms with van der Waals surface area (Å²) in [6.07, 6.45) is 1.78. The number of likely N-dealkylation sites (N-methyl/N-ethyl adjacent to an activating group) is 1. The molecule has 0 radical (unpaired) electrons. The molecule has 1 aliphatic heterocycles. The first-order valence-corrected chi connectivity index (χ1v) is 4.06. The van der Waals surface area contributed by atoms with Crippen molar-refractivity contribution in [2.45, 2.75) is 6.92 Å². The SMILES string of the molecule is Cc1cnnc2c1NCCN2C. The van der Waals surface area contributed by atoms with E-state index in [1.807, 2.05) is 14.0 Å². The molecule has 1 aromatic rings. The topological polar surface area (TPSA) is 41.1 Å². The zero-order valence-corrected chi connectivity index (χ0v) is 7.33. The van der Waals surface area contributed by atoms with E-state index in [1.54, 1.807) is 6.20 Å². The number of nitrogens with one attached hydrogen (secondary N) is 1. The molecule has 0 aromatic carbocycles. The van der Waals surface area contributed by atoms with Crippen molar-refractivity contribution < 1.29 is 0 Å². The standard InChI is InChI=1S/C8H12N4/c1-6-5-10-11-8-7(6)9-3-4-12(8)2/h5,9H,3-4H2,1-2H3. The second-order valence-electron chi connectivity index (χ2n) is 3.07. The lowest BCUT2D eigenvalue weighted by atomic mass is 10.2. The molecule has 0 amide bonds. The Kier molecular flexibility index (Phi) is 1.60. The molecule has 0 atom stereocenters. The van der Waals surface area contributed by atoms with Crippen LogP contribution < -0.4 is 10.2 Å². The van der Waals surface area contributed by atoms with Gasteiger partial charge in [-0.25, -0.2) is 0 Å². The molecule has 4 nitrogen and oxygen atoms in total. The minimum Gasteiger partial charge on any atom is -0.380 e. The number of hydrogen-bond donors (Lipinski definition) is 1. The molecule has 0 bridgehead atoms. The molecular weight excluding hydrogens is 152 g/mol. The average molecular weight is 164 g/mol. The number of aromatic nitrogens is 2. The Morgan fingerprint density at radius 2 is 2.42 bits per heavy atom. The zero-order chi connectivity index (χ0) is 8.55. The molecular formula is C8H12N4. The van der Waals surface area contributed by atoms with E-state index in [4.69, 9.17) is 0 Å². The normalized spacial score (nSPS) is 15.3. The third-order valence-corrected chi connectivity index (χ3v) is 2.13. The van der Waals surface area contributed by atoms with Gasteiger partial charge >= 0.3 is 0 Å². The van der Waals surface area contributed by atoms with Crippen molar-refractivity contribution in [3.05, 3.63) is 11.8 Å². The molecule has 0 fully saturated rings. The Hall–Kier alpha value is -1.32. The van der Waals surface area contributed by atoms with E-state index in [0.717, 1.165) is 30.2 Å². The second kappa shape index (κ2) is 2.62. The molecule has 1 N–H and O–H groups in total. The molecule has 0 saturated carbocycles. The van der Waals surface area contributed by atoms with Crippen LogP contribution in [0.1, 0.15) is 5.56 Å². The van der Waals surface area contributed by atoms with Gasteiger partial charge in [0.05, 0.1) is 11.9 Å². The van der Waals surface area contributed by atoms with Gasteiger partial charge in [0.2, 0.25) is 0 Å². The summed E-state index contributed by atoms with van der Waals surface area (Å²) in [5.74, 6) is 0.959. The lowest BCUT2D eigenvalue weighted by Gasteiger charge is -2.27. The monoisotopic (exact) mass is 164 g/mol. The van der Waals surface area contributed by atoms with Gasteiger partial charge in [-0.2, -0.15) is 5.10 Å². The van der Waals surface area contributed by atoms with Crippen LogP contribution in [0, 0.1) is 6.92 Å². The van der Waals surface area contributed by atoms with Crippen LogP contribution in [0.2, 0.25) is 0 Å². The fourth-order valence-corrected chi connectivity index (χ4v) is 1.40. The minimum atomic E-state index is 0.959. The first-order chi connectivity index (χ1) is 5.79. The number of rotatable bonds is 0. The highest BCUT2D eigenvalue weighted by molar-refractivity contribution is 5.70. The summed E-state index contributed by atoms with van der Waals surface area (Å²) < 4.78 is 0. The summed E-state index contributed by atoms with van der Waals surface area (Å²) in [4.78, 5) is 2.12. The van der Waals surface area contributed by atoms with E-state index in [-0.39, 0.29) is 0 Å². The molecule has 0 aliphatic carbocycles. The van der Waals surface area contributed by atoms with Crippen molar-refractivity contribution in [2.75, 3.05) is 30.4 Å². The summed E-state index contributed by atoms with van der Waals surface area (Å²) in [7, 11) is 2.04. The van der Waals surface area contributed by atoms with E-state index in [1.165, 1.54) is 0 Å². The Morgan fingerprint density at radius 1 is 1.58 bits per heavy atom. The van der Waals surface area contributed by atoms with Crippen molar-refractivity contribution in [3.63, 3.8) is 0 Å². The quantitative estimate of drug-likeness (QED) is 0.611. The molecule has 64 valence electrons. The first kappa shape index (κ1) is 7.34.